The van der Waals surface area contributed by atoms with Crippen LogP contribution in [0.4, 0.5) is 0 Å². The van der Waals surface area contributed by atoms with E-state index >= 15 is 0 Å². The summed E-state index contributed by atoms with van der Waals surface area (Å²) in [6.45, 7) is 7.77. The predicted octanol–water partition coefficient (Wildman–Crippen LogP) is 0.587. The van der Waals surface area contributed by atoms with Crippen molar-refractivity contribution in [3.8, 4) is 6.07 Å². The van der Waals surface area contributed by atoms with Crippen molar-refractivity contribution in [3.63, 3.8) is 0 Å². The molecule has 3 N–H and O–H groups in total. The van der Waals surface area contributed by atoms with Crippen LogP contribution in [0.15, 0.2) is 0 Å². The van der Waals surface area contributed by atoms with Gasteiger partial charge in [0.05, 0.1) is 12.5 Å². The van der Waals surface area contributed by atoms with Gasteiger partial charge in [0.25, 0.3) is 0 Å². The molecule has 1 unspecified atom stereocenters. The summed E-state index contributed by atoms with van der Waals surface area (Å²) < 4.78 is 0. The normalized spacial score (nSPS) is 22.8. The SMILES string of the molecule is CCCN1CCC(C#N)(NC(=O)[CH]CC(C)(C)C(N)=O)C1. The van der Waals surface area contributed by atoms with Gasteiger partial charge < -0.3 is 11.1 Å². The third kappa shape index (κ3) is 4.71. The fourth-order valence-electron chi connectivity index (χ4n) is 2.35. The van der Waals surface area contributed by atoms with Crippen LogP contribution in [0.3, 0.4) is 0 Å². The van der Waals surface area contributed by atoms with Crippen LogP contribution in [0.25, 0.3) is 0 Å². The highest BCUT2D eigenvalue weighted by Gasteiger charge is 2.39. The Hall–Kier alpha value is -1.61. The molecule has 1 rings (SSSR count). The highest BCUT2D eigenvalue weighted by atomic mass is 16.2. The second-order valence-corrected chi connectivity index (χ2v) is 6.37. The fraction of sp³-hybridized carbons (Fsp3) is 0.733. The van der Waals surface area contributed by atoms with E-state index in [1.807, 2.05) is 0 Å². The number of nitrogens with two attached hydrogens (primary N) is 1. The third-order valence-corrected chi connectivity index (χ3v) is 3.93. The Bertz CT molecular complexity index is 441. The Balaban J connectivity index is 2.53. The van der Waals surface area contributed by atoms with Crippen LogP contribution < -0.4 is 11.1 Å². The first-order chi connectivity index (χ1) is 9.74. The molecular formula is C15H25N4O2. The number of carbonyl (C=O) groups excluding carboxylic acids is 2. The van der Waals surface area contributed by atoms with Gasteiger partial charge in [-0.1, -0.05) is 20.8 Å². The zero-order chi connectivity index (χ0) is 16.1. The van der Waals surface area contributed by atoms with Crippen molar-refractivity contribution in [3.05, 3.63) is 6.42 Å². The maximum absolute atomic E-state index is 12.0. The summed E-state index contributed by atoms with van der Waals surface area (Å²) in [5, 5.41) is 12.2. The van der Waals surface area contributed by atoms with Crippen LogP contribution >= 0.6 is 0 Å². The van der Waals surface area contributed by atoms with Gasteiger partial charge >= 0.3 is 0 Å². The number of hydrogen-bond acceptors (Lipinski definition) is 4. The molecule has 1 fully saturated rings. The summed E-state index contributed by atoms with van der Waals surface area (Å²) in [6.07, 6.45) is 3.32. The molecule has 0 saturated carbocycles. The van der Waals surface area contributed by atoms with Gasteiger partial charge in [0.15, 0.2) is 0 Å². The van der Waals surface area contributed by atoms with Crippen molar-refractivity contribution in [2.75, 3.05) is 19.6 Å². The van der Waals surface area contributed by atoms with Gasteiger partial charge in [-0.3, -0.25) is 14.5 Å². The number of primary amides is 1. The minimum absolute atomic E-state index is 0.258. The topological polar surface area (TPSA) is 99.2 Å². The Morgan fingerprint density at radius 3 is 2.71 bits per heavy atom. The molecule has 0 aromatic rings. The van der Waals surface area contributed by atoms with Crippen LogP contribution in [0.2, 0.25) is 0 Å². The average Bonchev–Trinajstić information content (AvgIpc) is 2.81. The molecule has 2 amide bonds. The van der Waals surface area contributed by atoms with Crippen molar-refractivity contribution in [2.24, 2.45) is 11.1 Å². The molecule has 1 aliphatic heterocycles. The van der Waals surface area contributed by atoms with Gasteiger partial charge in [0, 0.05) is 18.5 Å². The molecule has 0 bridgehead atoms. The lowest BCUT2D eigenvalue weighted by Crippen LogP contribution is -2.49. The van der Waals surface area contributed by atoms with E-state index in [-0.39, 0.29) is 12.3 Å². The lowest BCUT2D eigenvalue weighted by atomic mass is 9.87. The molecule has 6 nitrogen and oxygen atoms in total. The minimum Gasteiger partial charge on any atom is -0.369 e. The van der Waals surface area contributed by atoms with Crippen LogP contribution in [-0.2, 0) is 9.59 Å². The highest BCUT2D eigenvalue weighted by Crippen LogP contribution is 2.23. The number of nitrogens with one attached hydrogen (secondary N) is 1. The molecular weight excluding hydrogens is 268 g/mol. The molecule has 0 aliphatic carbocycles. The van der Waals surface area contributed by atoms with Crippen molar-refractivity contribution in [2.45, 2.75) is 45.6 Å². The number of nitriles is 1. The first-order valence-corrected chi connectivity index (χ1v) is 7.33. The standard InChI is InChI=1S/C15H25N4O2/c1-4-8-19-9-7-15(10-16,11-19)18-12(20)5-6-14(2,3)13(17)21/h5H,4,6-9,11H2,1-3H3,(H2,17,21)(H,18,20). The van der Waals surface area contributed by atoms with E-state index in [1.165, 1.54) is 6.42 Å². The molecule has 0 aromatic carbocycles. The maximum atomic E-state index is 12.0. The monoisotopic (exact) mass is 293 g/mol. The van der Waals surface area contributed by atoms with Crippen molar-refractivity contribution >= 4 is 11.8 Å². The summed E-state index contributed by atoms with van der Waals surface area (Å²) in [4.78, 5) is 25.4. The lowest BCUT2D eigenvalue weighted by molar-refractivity contribution is -0.126. The van der Waals surface area contributed by atoms with E-state index in [2.05, 4.69) is 23.2 Å². The molecule has 0 spiro atoms. The van der Waals surface area contributed by atoms with Crippen molar-refractivity contribution < 1.29 is 9.59 Å². The second-order valence-electron chi connectivity index (χ2n) is 6.37. The number of rotatable bonds is 7. The lowest BCUT2D eigenvalue weighted by Gasteiger charge is -2.25. The zero-order valence-electron chi connectivity index (χ0n) is 13.1. The van der Waals surface area contributed by atoms with E-state index in [0.29, 0.717) is 13.0 Å². The van der Waals surface area contributed by atoms with Gasteiger partial charge in [-0.05, 0) is 25.8 Å². The van der Waals surface area contributed by atoms with Gasteiger partial charge in [0.1, 0.15) is 5.54 Å². The smallest absolute Gasteiger partial charge is 0.225 e. The predicted molar refractivity (Wildman–Crippen MR) is 79.7 cm³/mol. The zero-order valence-corrected chi connectivity index (χ0v) is 13.1. The van der Waals surface area contributed by atoms with Crippen LogP contribution in [0, 0.1) is 23.2 Å². The molecule has 117 valence electrons. The largest absolute Gasteiger partial charge is 0.369 e. The molecule has 1 heterocycles. The Labute approximate surface area is 126 Å². The van der Waals surface area contributed by atoms with Gasteiger partial charge in [-0.25, -0.2) is 0 Å². The molecule has 6 heteroatoms. The van der Waals surface area contributed by atoms with E-state index in [0.717, 1.165) is 19.5 Å². The second kappa shape index (κ2) is 6.90. The van der Waals surface area contributed by atoms with E-state index < -0.39 is 16.9 Å². The van der Waals surface area contributed by atoms with Crippen LogP contribution in [-0.4, -0.2) is 41.9 Å². The summed E-state index contributed by atoms with van der Waals surface area (Å²) in [7, 11) is 0. The van der Waals surface area contributed by atoms with E-state index in [4.69, 9.17) is 5.73 Å². The molecule has 1 aliphatic rings. The molecule has 0 aromatic heterocycles. The number of hydrogen-bond donors (Lipinski definition) is 2. The molecule has 21 heavy (non-hydrogen) atoms. The van der Waals surface area contributed by atoms with E-state index in [9.17, 15) is 14.9 Å². The minimum atomic E-state index is -0.820. The Kier molecular flexibility index (Phi) is 5.73. The number of carbonyl (C=O) groups is 2. The Morgan fingerprint density at radius 2 is 2.19 bits per heavy atom. The van der Waals surface area contributed by atoms with Gasteiger partial charge in [-0.2, -0.15) is 5.26 Å². The quantitative estimate of drug-likeness (QED) is 0.717. The fourth-order valence-corrected chi connectivity index (χ4v) is 2.35. The number of nitrogens with zero attached hydrogens (tertiary/aromatic N) is 2. The average molecular weight is 293 g/mol. The summed E-state index contributed by atoms with van der Waals surface area (Å²) in [5.74, 6) is -0.763. The van der Waals surface area contributed by atoms with Crippen molar-refractivity contribution in [1.29, 1.82) is 5.26 Å². The molecule has 1 atom stereocenters. The summed E-state index contributed by atoms with van der Waals surface area (Å²) in [5.41, 5.74) is 3.69. The van der Waals surface area contributed by atoms with Crippen LogP contribution in [0.1, 0.15) is 40.0 Å². The van der Waals surface area contributed by atoms with Gasteiger partial charge in [-0.15, -0.1) is 0 Å². The maximum Gasteiger partial charge on any atom is 0.225 e. The number of likely N-dealkylation sites (tertiary alicyclic amines) is 1. The number of amides is 2. The Morgan fingerprint density at radius 1 is 1.52 bits per heavy atom. The summed E-state index contributed by atoms with van der Waals surface area (Å²) in [6, 6.07) is 2.23. The molecule has 1 radical (unpaired) electrons. The third-order valence-electron chi connectivity index (χ3n) is 3.93. The van der Waals surface area contributed by atoms with E-state index in [1.54, 1.807) is 13.8 Å². The first kappa shape index (κ1) is 17.4. The highest BCUT2D eigenvalue weighted by molar-refractivity contribution is 5.87. The van der Waals surface area contributed by atoms with Gasteiger partial charge in [0.2, 0.25) is 11.8 Å². The molecule has 1 saturated heterocycles. The first-order valence-electron chi connectivity index (χ1n) is 7.33. The van der Waals surface area contributed by atoms with Crippen molar-refractivity contribution in [1.82, 2.24) is 10.2 Å². The summed E-state index contributed by atoms with van der Waals surface area (Å²) >= 11 is 0. The van der Waals surface area contributed by atoms with Crippen LogP contribution in [0.5, 0.6) is 0 Å².